The van der Waals surface area contributed by atoms with E-state index in [2.05, 4.69) is 17.6 Å². The van der Waals surface area contributed by atoms with Crippen LogP contribution in [0.2, 0.25) is 0 Å². The fraction of sp³-hybridized carbons (Fsp3) is 0.667. The lowest BCUT2D eigenvalue weighted by atomic mass is 10.1. The lowest BCUT2D eigenvalue weighted by Gasteiger charge is -2.29. The van der Waals surface area contributed by atoms with Crippen molar-refractivity contribution in [1.29, 1.82) is 0 Å². The molecule has 1 saturated heterocycles. The monoisotopic (exact) mass is 151 g/mol. The van der Waals surface area contributed by atoms with Crippen molar-refractivity contribution >= 4 is 0 Å². The molecule has 0 N–H and O–H groups in total. The maximum Gasteiger partial charge on any atom is 0.218 e. The van der Waals surface area contributed by atoms with Crippen LogP contribution in [0.1, 0.15) is 19.3 Å². The van der Waals surface area contributed by atoms with E-state index >= 15 is 0 Å². The summed E-state index contributed by atoms with van der Waals surface area (Å²) in [6, 6.07) is 0.329. The van der Waals surface area contributed by atoms with Crippen LogP contribution in [0.5, 0.6) is 0 Å². The van der Waals surface area contributed by atoms with Crippen LogP contribution < -0.4 is 0 Å². The Hall–Kier alpha value is -0.500. The molecule has 0 bridgehead atoms. The molecule has 0 aliphatic carbocycles. The van der Waals surface area contributed by atoms with Crippen LogP contribution in [0.15, 0.2) is 12.3 Å². The smallest absolute Gasteiger partial charge is 0.218 e. The van der Waals surface area contributed by atoms with Gasteiger partial charge in [0, 0.05) is 0 Å². The maximum atomic E-state index is 4.94. The number of hydrogen-bond acceptors (Lipinski definition) is 2. The van der Waals surface area contributed by atoms with Crippen LogP contribution in [-0.2, 0) is 4.74 Å². The summed E-state index contributed by atoms with van der Waals surface area (Å²) < 4.78 is 4.94. The molecule has 2 heteroatoms. The van der Waals surface area contributed by atoms with Crippen LogP contribution in [0.3, 0.4) is 0 Å². The average Bonchev–Trinajstić information content (AvgIpc) is 2.58. The Kier molecular flexibility index (Phi) is 2.13. The Morgan fingerprint density at radius 2 is 2.09 bits per heavy atom. The summed E-state index contributed by atoms with van der Waals surface area (Å²) in [5, 5.41) is 0. The Labute approximate surface area is 67.8 Å². The van der Waals surface area contributed by atoms with Gasteiger partial charge >= 0.3 is 0 Å². The highest BCUT2D eigenvalue weighted by Crippen LogP contribution is 2.18. The molecule has 0 spiro atoms. The Balaban J connectivity index is 1.87. The molecular weight excluding hydrogens is 138 g/mol. The third-order valence-electron chi connectivity index (χ3n) is 2.30. The van der Waals surface area contributed by atoms with Crippen molar-refractivity contribution in [2.75, 3.05) is 13.1 Å². The van der Waals surface area contributed by atoms with Crippen LogP contribution in [0, 0.1) is 6.61 Å². The van der Waals surface area contributed by atoms with E-state index in [0.29, 0.717) is 6.04 Å². The van der Waals surface area contributed by atoms with Gasteiger partial charge in [-0.25, -0.2) is 0 Å². The second-order valence-electron chi connectivity index (χ2n) is 3.11. The molecule has 2 nitrogen and oxygen atoms in total. The molecule has 0 aromatic rings. The highest BCUT2D eigenvalue weighted by atomic mass is 16.5. The highest BCUT2D eigenvalue weighted by Gasteiger charge is 2.22. The van der Waals surface area contributed by atoms with Crippen molar-refractivity contribution in [1.82, 2.24) is 4.90 Å². The van der Waals surface area contributed by atoms with Crippen molar-refractivity contribution in [3.63, 3.8) is 0 Å². The van der Waals surface area contributed by atoms with E-state index in [1.165, 1.54) is 32.4 Å². The van der Waals surface area contributed by atoms with E-state index in [4.69, 9.17) is 4.74 Å². The SMILES string of the molecule is [C]1OC=CC1N1CCCCC1. The summed E-state index contributed by atoms with van der Waals surface area (Å²) in [4.78, 5) is 2.41. The molecule has 2 aliphatic heterocycles. The molecule has 0 aromatic heterocycles. The van der Waals surface area contributed by atoms with Crippen LogP contribution in [0.4, 0.5) is 0 Å². The van der Waals surface area contributed by atoms with Gasteiger partial charge in [-0.2, -0.15) is 0 Å². The molecule has 11 heavy (non-hydrogen) atoms. The second-order valence-corrected chi connectivity index (χ2v) is 3.11. The van der Waals surface area contributed by atoms with Crippen molar-refractivity contribution in [2.24, 2.45) is 0 Å². The Bertz CT molecular complexity index is 150. The molecule has 60 valence electrons. The van der Waals surface area contributed by atoms with Crippen molar-refractivity contribution in [3.8, 4) is 0 Å². The summed E-state index contributed by atoms with van der Waals surface area (Å²) >= 11 is 0. The summed E-state index contributed by atoms with van der Waals surface area (Å²) in [7, 11) is 0. The standard InChI is InChI=1S/C9H13NO/c1-2-5-10(6-3-1)9-4-7-11-8-9/h4,7,9H,1-3,5-6H2. The quantitative estimate of drug-likeness (QED) is 0.562. The van der Waals surface area contributed by atoms with Crippen LogP contribution >= 0.6 is 0 Å². The molecule has 0 aromatic carbocycles. The van der Waals surface area contributed by atoms with Gasteiger partial charge < -0.3 is 4.74 Å². The summed E-state index contributed by atoms with van der Waals surface area (Å²) in [6.45, 7) is 5.34. The first-order valence-corrected chi connectivity index (χ1v) is 4.29. The fourth-order valence-electron chi connectivity index (χ4n) is 1.65. The first-order valence-electron chi connectivity index (χ1n) is 4.29. The van der Waals surface area contributed by atoms with E-state index in [-0.39, 0.29) is 0 Å². The lowest BCUT2D eigenvalue weighted by molar-refractivity contribution is 0.180. The first kappa shape index (κ1) is 7.17. The van der Waals surface area contributed by atoms with Gasteiger partial charge in [0.05, 0.1) is 12.3 Å². The first-order chi connectivity index (χ1) is 5.47. The van der Waals surface area contributed by atoms with Gasteiger partial charge in [-0.1, -0.05) is 6.42 Å². The largest absolute Gasteiger partial charge is 0.484 e. The zero-order valence-electron chi connectivity index (χ0n) is 6.62. The van der Waals surface area contributed by atoms with E-state index in [1.54, 1.807) is 6.26 Å². The average molecular weight is 151 g/mol. The summed E-state index contributed by atoms with van der Waals surface area (Å²) in [5.74, 6) is 0. The number of rotatable bonds is 1. The molecule has 1 fully saturated rings. The second kappa shape index (κ2) is 3.26. The number of ether oxygens (including phenoxy) is 1. The van der Waals surface area contributed by atoms with E-state index < -0.39 is 0 Å². The van der Waals surface area contributed by atoms with Gasteiger partial charge in [0.25, 0.3) is 0 Å². The predicted molar refractivity (Wildman–Crippen MR) is 42.7 cm³/mol. The molecular formula is C9H13NO. The van der Waals surface area contributed by atoms with E-state index in [9.17, 15) is 0 Å². The molecule has 0 amide bonds. The van der Waals surface area contributed by atoms with Crippen LogP contribution in [0.25, 0.3) is 0 Å². The molecule has 2 radical (unpaired) electrons. The molecule has 2 heterocycles. The minimum absolute atomic E-state index is 0.329. The van der Waals surface area contributed by atoms with Gasteiger partial charge in [0.2, 0.25) is 6.61 Å². The van der Waals surface area contributed by atoms with E-state index in [1.807, 2.05) is 0 Å². The maximum absolute atomic E-state index is 4.94. The molecule has 1 unspecified atom stereocenters. The zero-order valence-corrected chi connectivity index (χ0v) is 6.62. The molecule has 2 rings (SSSR count). The lowest BCUT2D eigenvalue weighted by Crippen LogP contribution is -2.37. The van der Waals surface area contributed by atoms with Gasteiger partial charge in [-0.15, -0.1) is 0 Å². The normalized spacial score (nSPS) is 32.2. The number of likely N-dealkylation sites (tertiary alicyclic amines) is 1. The number of nitrogens with zero attached hydrogens (tertiary/aromatic N) is 1. The number of hydrogen-bond donors (Lipinski definition) is 0. The molecule has 1 atom stereocenters. The zero-order chi connectivity index (χ0) is 7.52. The van der Waals surface area contributed by atoms with E-state index in [0.717, 1.165) is 0 Å². The molecule has 2 aliphatic rings. The van der Waals surface area contributed by atoms with Crippen LogP contribution in [-0.4, -0.2) is 24.0 Å². The third kappa shape index (κ3) is 1.56. The Morgan fingerprint density at radius 3 is 2.73 bits per heavy atom. The van der Waals surface area contributed by atoms with Gasteiger partial charge in [0.1, 0.15) is 0 Å². The predicted octanol–water partition coefficient (Wildman–Crippen LogP) is 1.42. The fourth-order valence-corrected chi connectivity index (χ4v) is 1.65. The highest BCUT2D eigenvalue weighted by molar-refractivity contribution is 5.02. The Morgan fingerprint density at radius 1 is 1.27 bits per heavy atom. The number of piperidine rings is 1. The summed E-state index contributed by atoms with van der Waals surface area (Å²) in [5.41, 5.74) is 0. The van der Waals surface area contributed by atoms with Gasteiger partial charge in [0.15, 0.2) is 0 Å². The van der Waals surface area contributed by atoms with Crippen molar-refractivity contribution < 1.29 is 4.74 Å². The summed E-state index contributed by atoms with van der Waals surface area (Å²) in [6.07, 6.45) is 7.82. The minimum Gasteiger partial charge on any atom is -0.484 e. The van der Waals surface area contributed by atoms with Gasteiger partial charge in [-0.3, -0.25) is 4.90 Å². The minimum atomic E-state index is 0.329. The van der Waals surface area contributed by atoms with Crippen molar-refractivity contribution in [2.45, 2.75) is 25.3 Å². The van der Waals surface area contributed by atoms with Crippen molar-refractivity contribution in [3.05, 3.63) is 18.9 Å². The van der Waals surface area contributed by atoms with Gasteiger partial charge in [-0.05, 0) is 32.0 Å². The topological polar surface area (TPSA) is 12.5 Å². The molecule has 0 saturated carbocycles. The third-order valence-corrected chi connectivity index (χ3v) is 2.30.